The molecule has 28 heavy (non-hydrogen) atoms. The van der Waals surface area contributed by atoms with Crippen LogP contribution in [-0.4, -0.2) is 31.0 Å². The van der Waals surface area contributed by atoms with Gasteiger partial charge < -0.3 is 9.84 Å². The van der Waals surface area contributed by atoms with E-state index in [1.165, 1.54) is 0 Å². The molecule has 0 unspecified atom stereocenters. The Morgan fingerprint density at radius 3 is 2.82 bits per heavy atom. The summed E-state index contributed by atoms with van der Waals surface area (Å²) in [7, 11) is 0. The Hall–Kier alpha value is -3.55. The van der Waals surface area contributed by atoms with Crippen LogP contribution in [0.5, 0.6) is 0 Å². The number of fused-ring (bicyclic) bond motifs is 1. The van der Waals surface area contributed by atoms with Gasteiger partial charge in [-0.25, -0.2) is 4.68 Å². The summed E-state index contributed by atoms with van der Waals surface area (Å²) in [6, 6.07) is 14.3. The van der Waals surface area contributed by atoms with Crippen LogP contribution in [0.4, 0.5) is 0 Å². The maximum Gasteiger partial charge on any atom is 0.251 e. The summed E-state index contributed by atoms with van der Waals surface area (Å²) in [4.78, 5) is 16.7. The van der Waals surface area contributed by atoms with E-state index in [2.05, 4.69) is 32.7 Å². The van der Waals surface area contributed by atoms with Gasteiger partial charge in [0.05, 0.1) is 5.52 Å². The SMILES string of the molecule is CCCn1nnc2cc(-c3noc([C@@H](C)NC(=O)c4ccccc4)n3)ccc21. The van der Waals surface area contributed by atoms with Crippen LogP contribution in [0.25, 0.3) is 22.4 Å². The number of rotatable bonds is 6. The first-order valence-electron chi connectivity index (χ1n) is 9.19. The third kappa shape index (κ3) is 3.48. The summed E-state index contributed by atoms with van der Waals surface area (Å²) in [5, 5.41) is 15.3. The van der Waals surface area contributed by atoms with E-state index in [0.29, 0.717) is 17.3 Å². The number of nitrogens with one attached hydrogen (secondary N) is 1. The predicted octanol–water partition coefficient (Wildman–Crippen LogP) is 3.38. The van der Waals surface area contributed by atoms with Gasteiger partial charge in [-0.1, -0.05) is 35.5 Å². The highest BCUT2D eigenvalue weighted by Gasteiger charge is 2.18. The Balaban J connectivity index is 1.52. The predicted molar refractivity (Wildman–Crippen MR) is 103 cm³/mol. The van der Waals surface area contributed by atoms with Gasteiger partial charge in [0, 0.05) is 17.7 Å². The second-order valence-corrected chi connectivity index (χ2v) is 6.53. The van der Waals surface area contributed by atoms with Crippen molar-refractivity contribution < 1.29 is 9.32 Å². The van der Waals surface area contributed by atoms with Crippen molar-refractivity contribution in [3.05, 3.63) is 60.0 Å². The van der Waals surface area contributed by atoms with Crippen LogP contribution < -0.4 is 5.32 Å². The fourth-order valence-corrected chi connectivity index (χ4v) is 2.95. The lowest BCUT2D eigenvalue weighted by atomic mass is 10.2. The van der Waals surface area contributed by atoms with E-state index in [0.717, 1.165) is 29.6 Å². The Kier molecular flexibility index (Phi) is 4.84. The summed E-state index contributed by atoms with van der Waals surface area (Å²) in [5.41, 5.74) is 3.11. The van der Waals surface area contributed by atoms with Gasteiger partial charge in [0.25, 0.3) is 5.91 Å². The molecule has 0 spiro atoms. The molecule has 0 radical (unpaired) electrons. The van der Waals surface area contributed by atoms with Crippen LogP contribution in [0.2, 0.25) is 0 Å². The standard InChI is InChI=1S/C20H20N6O2/c1-3-11-26-17-10-9-15(12-16(17)23-25-26)18-22-20(28-24-18)13(2)21-19(27)14-7-5-4-6-8-14/h4-10,12-13H,3,11H2,1-2H3,(H,21,27)/t13-/m1/s1. The number of hydrogen-bond donors (Lipinski definition) is 1. The van der Waals surface area contributed by atoms with E-state index in [-0.39, 0.29) is 5.91 Å². The van der Waals surface area contributed by atoms with Crippen LogP contribution >= 0.6 is 0 Å². The first kappa shape index (κ1) is 17.8. The maximum atomic E-state index is 12.3. The Labute approximate surface area is 161 Å². The van der Waals surface area contributed by atoms with Crippen molar-refractivity contribution >= 4 is 16.9 Å². The van der Waals surface area contributed by atoms with Gasteiger partial charge in [0.2, 0.25) is 11.7 Å². The van der Waals surface area contributed by atoms with Crippen molar-refractivity contribution in [1.29, 1.82) is 0 Å². The minimum absolute atomic E-state index is 0.193. The van der Waals surface area contributed by atoms with Crippen LogP contribution in [0.15, 0.2) is 53.1 Å². The second-order valence-electron chi connectivity index (χ2n) is 6.53. The molecule has 4 aromatic rings. The van der Waals surface area contributed by atoms with Crippen molar-refractivity contribution in [1.82, 2.24) is 30.5 Å². The van der Waals surface area contributed by atoms with Crippen molar-refractivity contribution in [2.45, 2.75) is 32.9 Å². The van der Waals surface area contributed by atoms with E-state index in [1.807, 2.05) is 41.1 Å². The van der Waals surface area contributed by atoms with E-state index in [9.17, 15) is 4.79 Å². The van der Waals surface area contributed by atoms with Crippen molar-refractivity contribution in [3.63, 3.8) is 0 Å². The number of aromatic nitrogens is 5. The zero-order valence-corrected chi connectivity index (χ0v) is 15.7. The van der Waals surface area contributed by atoms with Crippen LogP contribution in [0, 0.1) is 0 Å². The average Bonchev–Trinajstić information content (AvgIpc) is 3.36. The zero-order chi connectivity index (χ0) is 19.5. The van der Waals surface area contributed by atoms with Gasteiger partial charge in [-0.05, 0) is 43.7 Å². The molecule has 0 bridgehead atoms. The smallest absolute Gasteiger partial charge is 0.251 e. The molecule has 0 aliphatic heterocycles. The van der Waals surface area contributed by atoms with Crippen LogP contribution in [-0.2, 0) is 6.54 Å². The van der Waals surface area contributed by atoms with E-state index in [4.69, 9.17) is 4.52 Å². The molecule has 2 aromatic heterocycles. The van der Waals surface area contributed by atoms with Crippen molar-refractivity contribution in [3.8, 4) is 11.4 Å². The first-order chi connectivity index (χ1) is 13.7. The van der Waals surface area contributed by atoms with Gasteiger partial charge in [-0.15, -0.1) is 5.10 Å². The topological polar surface area (TPSA) is 98.7 Å². The van der Waals surface area contributed by atoms with E-state index in [1.54, 1.807) is 19.1 Å². The third-order valence-corrected chi connectivity index (χ3v) is 4.40. The fourth-order valence-electron chi connectivity index (χ4n) is 2.95. The zero-order valence-electron chi connectivity index (χ0n) is 15.7. The molecular formula is C20H20N6O2. The van der Waals surface area contributed by atoms with Gasteiger partial charge in [0.15, 0.2) is 0 Å². The molecule has 0 saturated heterocycles. The van der Waals surface area contributed by atoms with Crippen molar-refractivity contribution in [2.75, 3.05) is 0 Å². The second kappa shape index (κ2) is 7.59. The number of aryl methyl sites for hydroxylation is 1. The minimum atomic E-state index is -0.414. The number of benzene rings is 2. The molecule has 1 N–H and O–H groups in total. The molecule has 2 aromatic carbocycles. The highest BCUT2D eigenvalue weighted by Crippen LogP contribution is 2.23. The number of nitrogens with zero attached hydrogens (tertiary/aromatic N) is 5. The van der Waals surface area contributed by atoms with Gasteiger partial charge >= 0.3 is 0 Å². The lowest BCUT2D eigenvalue weighted by molar-refractivity contribution is 0.0932. The summed E-state index contributed by atoms with van der Waals surface area (Å²) < 4.78 is 7.23. The fraction of sp³-hybridized carbons (Fsp3) is 0.250. The quantitative estimate of drug-likeness (QED) is 0.554. The molecule has 8 nitrogen and oxygen atoms in total. The first-order valence-corrected chi connectivity index (χ1v) is 9.19. The molecule has 142 valence electrons. The van der Waals surface area contributed by atoms with Gasteiger partial charge in [-0.3, -0.25) is 4.79 Å². The van der Waals surface area contributed by atoms with Gasteiger partial charge in [0.1, 0.15) is 11.6 Å². The summed E-state index contributed by atoms with van der Waals surface area (Å²) in [6.07, 6.45) is 0.987. The molecule has 0 fully saturated rings. The third-order valence-electron chi connectivity index (χ3n) is 4.40. The summed E-state index contributed by atoms with van der Waals surface area (Å²) in [5.74, 6) is 0.596. The largest absolute Gasteiger partial charge is 0.341 e. The van der Waals surface area contributed by atoms with Crippen molar-refractivity contribution in [2.24, 2.45) is 0 Å². The van der Waals surface area contributed by atoms with Crippen LogP contribution in [0.1, 0.15) is 42.6 Å². The molecule has 1 amide bonds. The molecule has 0 aliphatic rings. The number of carbonyl (C=O) groups is 1. The minimum Gasteiger partial charge on any atom is -0.341 e. The molecule has 4 rings (SSSR count). The molecule has 0 aliphatic carbocycles. The maximum absolute atomic E-state index is 12.3. The number of amides is 1. The average molecular weight is 376 g/mol. The van der Waals surface area contributed by atoms with E-state index < -0.39 is 6.04 Å². The molecular weight excluding hydrogens is 356 g/mol. The lowest BCUT2D eigenvalue weighted by Crippen LogP contribution is -2.26. The van der Waals surface area contributed by atoms with E-state index >= 15 is 0 Å². The Morgan fingerprint density at radius 1 is 1.21 bits per heavy atom. The highest BCUT2D eigenvalue weighted by atomic mass is 16.5. The Bertz CT molecular complexity index is 1100. The molecule has 1 atom stereocenters. The van der Waals surface area contributed by atoms with Crippen LogP contribution in [0.3, 0.4) is 0 Å². The molecule has 0 saturated carbocycles. The monoisotopic (exact) mass is 376 g/mol. The normalized spacial score (nSPS) is 12.2. The summed E-state index contributed by atoms with van der Waals surface area (Å²) >= 11 is 0. The molecule has 2 heterocycles. The summed E-state index contributed by atoms with van der Waals surface area (Å²) in [6.45, 7) is 4.72. The Morgan fingerprint density at radius 2 is 2.04 bits per heavy atom. The molecule has 8 heteroatoms. The highest BCUT2D eigenvalue weighted by molar-refractivity contribution is 5.94. The van der Waals surface area contributed by atoms with Gasteiger partial charge in [-0.2, -0.15) is 4.98 Å². The number of carbonyl (C=O) groups excluding carboxylic acids is 1. The lowest BCUT2D eigenvalue weighted by Gasteiger charge is -2.09. The number of hydrogen-bond acceptors (Lipinski definition) is 6.